The monoisotopic (exact) mass is 448 g/mol. The summed E-state index contributed by atoms with van der Waals surface area (Å²) in [6, 6.07) is 17.1. The molecule has 0 atom stereocenters. The van der Waals surface area contributed by atoms with Gasteiger partial charge >= 0.3 is 0 Å². The fourth-order valence-corrected chi connectivity index (χ4v) is 3.82. The molecular weight excluding hydrogens is 420 g/mol. The van der Waals surface area contributed by atoms with Crippen molar-refractivity contribution >= 4 is 11.8 Å². The molecule has 3 aromatic rings. The van der Waals surface area contributed by atoms with Crippen molar-refractivity contribution < 1.29 is 18.7 Å². The third-order valence-corrected chi connectivity index (χ3v) is 5.61. The molecule has 2 heterocycles. The summed E-state index contributed by atoms with van der Waals surface area (Å²) in [7, 11) is 1.60. The summed E-state index contributed by atoms with van der Waals surface area (Å²) in [5, 5.41) is 2.83. The third kappa shape index (κ3) is 5.66. The Kier molecular flexibility index (Phi) is 7.49. The molecule has 2 aromatic carbocycles. The molecule has 0 saturated carbocycles. The van der Waals surface area contributed by atoms with Gasteiger partial charge in [-0.15, -0.1) is 0 Å². The first-order valence-electron chi connectivity index (χ1n) is 11.0. The van der Waals surface area contributed by atoms with Crippen LogP contribution in [0.2, 0.25) is 0 Å². The molecule has 8 heteroatoms. The lowest BCUT2D eigenvalue weighted by Crippen LogP contribution is -2.51. The number of methoxy groups -OCH3 is 1. The summed E-state index contributed by atoms with van der Waals surface area (Å²) in [5.74, 6) is 0.985. The van der Waals surface area contributed by atoms with Gasteiger partial charge in [-0.3, -0.25) is 14.5 Å². The Morgan fingerprint density at radius 1 is 1.03 bits per heavy atom. The number of piperazine rings is 1. The van der Waals surface area contributed by atoms with Crippen molar-refractivity contribution in [2.75, 3.05) is 53.0 Å². The molecule has 2 amide bonds. The first-order valence-corrected chi connectivity index (χ1v) is 11.0. The highest BCUT2D eigenvalue weighted by Crippen LogP contribution is 2.29. The molecule has 1 aliphatic rings. The zero-order valence-electron chi connectivity index (χ0n) is 18.7. The van der Waals surface area contributed by atoms with Gasteiger partial charge in [0.15, 0.2) is 5.76 Å². The van der Waals surface area contributed by atoms with Crippen LogP contribution in [0.3, 0.4) is 0 Å². The molecule has 0 spiro atoms. The minimum Gasteiger partial charge on any atom is -0.436 e. The highest BCUT2D eigenvalue weighted by molar-refractivity contribution is 6.00. The molecule has 1 fully saturated rings. The van der Waals surface area contributed by atoms with Gasteiger partial charge in [0.1, 0.15) is 0 Å². The predicted molar refractivity (Wildman–Crippen MR) is 125 cm³/mol. The number of aromatic nitrogens is 1. The van der Waals surface area contributed by atoms with Crippen molar-refractivity contribution in [1.82, 2.24) is 20.1 Å². The molecule has 4 rings (SSSR count). The van der Waals surface area contributed by atoms with Crippen LogP contribution in [0.25, 0.3) is 22.8 Å². The highest BCUT2D eigenvalue weighted by atomic mass is 16.5. The van der Waals surface area contributed by atoms with Crippen LogP contribution in [-0.2, 0) is 9.53 Å². The normalized spacial score (nSPS) is 14.3. The van der Waals surface area contributed by atoms with Gasteiger partial charge < -0.3 is 19.4 Å². The lowest BCUT2D eigenvalue weighted by molar-refractivity contribution is -0.122. The Bertz CT molecular complexity index is 1070. The SMILES string of the molecule is COCCNC(=O)CN1CCN(C(=O)c2ccccc2-c2ncc(-c3ccccc3)o2)CC1. The van der Waals surface area contributed by atoms with E-state index < -0.39 is 0 Å². The van der Waals surface area contributed by atoms with Crippen LogP contribution in [0.15, 0.2) is 65.2 Å². The fraction of sp³-hybridized carbons (Fsp3) is 0.320. The Hall–Kier alpha value is -3.49. The van der Waals surface area contributed by atoms with E-state index in [0.29, 0.717) is 68.7 Å². The molecule has 8 nitrogen and oxygen atoms in total. The summed E-state index contributed by atoms with van der Waals surface area (Å²) >= 11 is 0. The van der Waals surface area contributed by atoms with E-state index in [2.05, 4.69) is 15.2 Å². The van der Waals surface area contributed by atoms with Gasteiger partial charge in [0.25, 0.3) is 5.91 Å². The molecule has 1 saturated heterocycles. The number of rotatable bonds is 8. The van der Waals surface area contributed by atoms with E-state index in [0.717, 1.165) is 5.56 Å². The Morgan fingerprint density at radius 3 is 2.52 bits per heavy atom. The van der Waals surface area contributed by atoms with E-state index in [9.17, 15) is 9.59 Å². The summed E-state index contributed by atoms with van der Waals surface area (Å²) < 4.78 is 10.9. The molecule has 0 aliphatic carbocycles. The molecule has 0 radical (unpaired) electrons. The van der Waals surface area contributed by atoms with Gasteiger partial charge in [0.2, 0.25) is 11.8 Å². The average Bonchev–Trinajstić information content (AvgIpc) is 3.35. The number of nitrogens with one attached hydrogen (secondary N) is 1. The maximum absolute atomic E-state index is 13.3. The number of nitrogens with zero attached hydrogens (tertiary/aromatic N) is 3. The maximum Gasteiger partial charge on any atom is 0.254 e. The minimum absolute atomic E-state index is 0.0321. The molecule has 0 bridgehead atoms. The summed E-state index contributed by atoms with van der Waals surface area (Å²) in [6.45, 7) is 3.70. The van der Waals surface area contributed by atoms with Gasteiger partial charge in [-0.2, -0.15) is 0 Å². The van der Waals surface area contributed by atoms with Crippen molar-refractivity contribution in [2.24, 2.45) is 0 Å². The standard InChI is InChI=1S/C25H28N4O4/c1-32-16-11-26-23(30)18-28-12-14-29(15-13-28)25(31)21-10-6-5-9-20(21)24-27-17-22(33-24)19-7-3-2-4-8-19/h2-10,17H,11-16,18H2,1H3,(H,26,30). The van der Waals surface area contributed by atoms with Gasteiger partial charge in [0.05, 0.1) is 24.9 Å². The van der Waals surface area contributed by atoms with E-state index >= 15 is 0 Å². The molecule has 172 valence electrons. The Labute approximate surface area is 193 Å². The average molecular weight is 449 g/mol. The van der Waals surface area contributed by atoms with Crippen LogP contribution in [0.1, 0.15) is 10.4 Å². The largest absolute Gasteiger partial charge is 0.436 e. The maximum atomic E-state index is 13.3. The second-order valence-corrected chi connectivity index (χ2v) is 7.85. The van der Waals surface area contributed by atoms with Gasteiger partial charge in [0, 0.05) is 51.0 Å². The number of amides is 2. The third-order valence-electron chi connectivity index (χ3n) is 5.61. The minimum atomic E-state index is -0.0609. The van der Waals surface area contributed by atoms with Crippen LogP contribution in [-0.4, -0.2) is 79.6 Å². The van der Waals surface area contributed by atoms with Crippen LogP contribution in [0, 0.1) is 0 Å². The van der Waals surface area contributed by atoms with Crippen molar-refractivity contribution in [3.8, 4) is 22.8 Å². The zero-order chi connectivity index (χ0) is 23.0. The molecular formula is C25H28N4O4. The fourth-order valence-electron chi connectivity index (χ4n) is 3.82. The molecule has 0 unspecified atom stereocenters. The van der Waals surface area contributed by atoms with Gasteiger partial charge in [-0.25, -0.2) is 4.98 Å². The number of carbonyl (C=O) groups excluding carboxylic acids is 2. The summed E-state index contributed by atoms with van der Waals surface area (Å²) in [5.41, 5.74) is 2.16. The van der Waals surface area contributed by atoms with Crippen LogP contribution in [0.5, 0.6) is 0 Å². The quantitative estimate of drug-likeness (QED) is 0.533. The van der Waals surface area contributed by atoms with E-state index in [1.807, 2.05) is 53.4 Å². The predicted octanol–water partition coefficient (Wildman–Crippen LogP) is 2.53. The molecule has 1 aliphatic heterocycles. The van der Waals surface area contributed by atoms with E-state index in [1.54, 1.807) is 19.4 Å². The van der Waals surface area contributed by atoms with Crippen molar-refractivity contribution in [3.05, 3.63) is 66.4 Å². The Morgan fingerprint density at radius 2 is 1.76 bits per heavy atom. The van der Waals surface area contributed by atoms with Gasteiger partial charge in [-0.05, 0) is 12.1 Å². The first kappa shape index (κ1) is 22.7. The number of oxazole rings is 1. The van der Waals surface area contributed by atoms with E-state index in [-0.39, 0.29) is 11.8 Å². The Balaban J connectivity index is 1.40. The zero-order valence-corrected chi connectivity index (χ0v) is 18.7. The molecule has 1 N–H and O–H groups in total. The first-order chi connectivity index (χ1) is 16.2. The lowest BCUT2D eigenvalue weighted by Gasteiger charge is -2.34. The topological polar surface area (TPSA) is 87.9 Å². The van der Waals surface area contributed by atoms with Crippen LogP contribution in [0.4, 0.5) is 0 Å². The van der Waals surface area contributed by atoms with Crippen molar-refractivity contribution in [1.29, 1.82) is 0 Å². The number of ether oxygens (including phenoxy) is 1. The number of carbonyl (C=O) groups is 2. The summed E-state index contributed by atoms with van der Waals surface area (Å²) in [6.07, 6.45) is 1.68. The number of hydrogen-bond donors (Lipinski definition) is 1. The van der Waals surface area contributed by atoms with E-state index in [1.165, 1.54) is 0 Å². The number of hydrogen-bond acceptors (Lipinski definition) is 6. The van der Waals surface area contributed by atoms with Crippen molar-refractivity contribution in [3.63, 3.8) is 0 Å². The summed E-state index contributed by atoms with van der Waals surface area (Å²) in [4.78, 5) is 33.6. The van der Waals surface area contributed by atoms with Crippen LogP contribution < -0.4 is 5.32 Å². The lowest BCUT2D eigenvalue weighted by atomic mass is 10.1. The van der Waals surface area contributed by atoms with Gasteiger partial charge in [-0.1, -0.05) is 42.5 Å². The second kappa shape index (κ2) is 10.9. The number of benzene rings is 2. The van der Waals surface area contributed by atoms with E-state index in [4.69, 9.17) is 9.15 Å². The molecule has 33 heavy (non-hydrogen) atoms. The van der Waals surface area contributed by atoms with Crippen molar-refractivity contribution in [2.45, 2.75) is 0 Å². The van der Waals surface area contributed by atoms with Crippen LogP contribution >= 0.6 is 0 Å². The molecule has 1 aromatic heterocycles. The second-order valence-electron chi connectivity index (χ2n) is 7.85. The smallest absolute Gasteiger partial charge is 0.254 e. The highest BCUT2D eigenvalue weighted by Gasteiger charge is 2.26.